The Balaban J connectivity index is 1.69. The third kappa shape index (κ3) is 3.18. The van der Waals surface area contributed by atoms with Crippen LogP contribution in [0.3, 0.4) is 0 Å². The number of carbonyl (C=O) groups excluding carboxylic acids is 1. The minimum Gasteiger partial charge on any atom is -0.355 e. The number of nitrogens with one attached hydrogen (secondary N) is 3. The Morgan fingerprint density at radius 2 is 2.04 bits per heavy atom. The van der Waals surface area contributed by atoms with Gasteiger partial charge in [-0.2, -0.15) is 0 Å². The average Bonchev–Trinajstić information content (AvgIpc) is 3.29. The van der Waals surface area contributed by atoms with Crippen LogP contribution in [0.15, 0.2) is 24.4 Å². The first-order valence-corrected chi connectivity index (χ1v) is 10.8. The quantitative estimate of drug-likeness (QED) is 0.682. The summed E-state index contributed by atoms with van der Waals surface area (Å²) in [6, 6.07) is 5.91. The minimum absolute atomic E-state index is 0.00428. The summed E-state index contributed by atoms with van der Waals surface area (Å²) in [6.07, 6.45) is 2.14. The number of H-pyrrole nitrogens is 1. The molecule has 27 heavy (non-hydrogen) atoms. The molecule has 9 heteroatoms. The Kier molecular flexibility index (Phi) is 4.58. The van der Waals surface area contributed by atoms with Crippen molar-refractivity contribution in [3.05, 3.63) is 41.2 Å². The van der Waals surface area contributed by atoms with Gasteiger partial charge in [-0.15, -0.1) is 0 Å². The van der Waals surface area contributed by atoms with Crippen LogP contribution >= 0.6 is 7.44 Å². The number of hydrogen-bond acceptors (Lipinski definition) is 4. The highest BCUT2D eigenvalue weighted by molar-refractivity contribution is 7.59. The van der Waals surface area contributed by atoms with E-state index in [0.717, 1.165) is 35.6 Å². The van der Waals surface area contributed by atoms with Crippen molar-refractivity contribution in [2.75, 3.05) is 44.4 Å². The van der Waals surface area contributed by atoms with Gasteiger partial charge in [0.05, 0.1) is 12.1 Å². The third-order valence-corrected chi connectivity index (χ3v) is 9.09. The predicted molar refractivity (Wildman–Crippen MR) is 106 cm³/mol. The van der Waals surface area contributed by atoms with Gasteiger partial charge in [-0.25, -0.2) is 14.3 Å². The zero-order valence-corrected chi connectivity index (χ0v) is 16.7. The number of benzene rings is 1. The van der Waals surface area contributed by atoms with E-state index in [1.165, 1.54) is 0 Å². The Morgan fingerprint density at radius 3 is 2.70 bits per heavy atom. The molecule has 0 spiro atoms. The summed E-state index contributed by atoms with van der Waals surface area (Å²) in [5, 5.41) is 6.17. The standard InChI is InChI=1S/C18H25N6O2P/c1-12-10-19-18(21-12)20-11-16(27(26)23(2)6-7-24(27)3)13-4-5-15-14(8-13)9-17(25)22-15/h4-5,8,10,16H,6-7,9,11H2,1-3H3,(H,22,25)(H2,19,20,21). The summed E-state index contributed by atoms with van der Waals surface area (Å²) in [5.74, 6) is 0.677. The second-order valence-electron chi connectivity index (χ2n) is 7.30. The summed E-state index contributed by atoms with van der Waals surface area (Å²) < 4.78 is 18.0. The largest absolute Gasteiger partial charge is 0.355 e. The molecule has 1 atom stereocenters. The Morgan fingerprint density at radius 1 is 1.30 bits per heavy atom. The minimum atomic E-state index is -2.80. The molecule has 0 saturated carbocycles. The maximum Gasteiger partial charge on any atom is 0.228 e. The van der Waals surface area contributed by atoms with Crippen LogP contribution in [-0.4, -0.2) is 58.9 Å². The predicted octanol–water partition coefficient (Wildman–Crippen LogP) is 2.44. The summed E-state index contributed by atoms with van der Waals surface area (Å²) in [4.78, 5) is 19.2. The first-order valence-electron chi connectivity index (χ1n) is 9.09. The van der Waals surface area contributed by atoms with Gasteiger partial charge in [-0.05, 0) is 38.2 Å². The molecule has 0 bridgehead atoms. The second kappa shape index (κ2) is 6.78. The molecule has 4 rings (SSSR count). The summed E-state index contributed by atoms with van der Waals surface area (Å²) >= 11 is 0. The Labute approximate surface area is 158 Å². The number of aromatic nitrogens is 2. The average molecular weight is 388 g/mol. The molecule has 1 fully saturated rings. The van der Waals surface area contributed by atoms with E-state index in [1.54, 1.807) is 6.20 Å². The fourth-order valence-electron chi connectivity index (χ4n) is 3.90. The van der Waals surface area contributed by atoms with Gasteiger partial charge in [0, 0.05) is 37.2 Å². The molecule has 1 amide bonds. The number of rotatable bonds is 5. The van der Waals surface area contributed by atoms with Crippen LogP contribution in [0.25, 0.3) is 0 Å². The van der Waals surface area contributed by atoms with E-state index in [1.807, 2.05) is 48.6 Å². The van der Waals surface area contributed by atoms with Crippen molar-refractivity contribution < 1.29 is 9.36 Å². The molecule has 1 aromatic carbocycles. The second-order valence-corrected chi connectivity index (χ2v) is 10.5. The number of fused-ring (bicyclic) bond motifs is 1. The van der Waals surface area contributed by atoms with Crippen molar-refractivity contribution in [1.29, 1.82) is 0 Å². The van der Waals surface area contributed by atoms with Crippen molar-refractivity contribution in [3.8, 4) is 0 Å². The van der Waals surface area contributed by atoms with Crippen LogP contribution in [0.4, 0.5) is 11.6 Å². The number of imidazole rings is 1. The molecule has 1 aromatic heterocycles. The van der Waals surface area contributed by atoms with E-state index in [2.05, 4.69) is 20.6 Å². The van der Waals surface area contributed by atoms with Crippen molar-refractivity contribution in [2.24, 2.45) is 0 Å². The molecule has 2 aromatic rings. The first-order chi connectivity index (χ1) is 12.9. The fourth-order valence-corrected chi connectivity index (χ4v) is 7.00. The van der Waals surface area contributed by atoms with Crippen molar-refractivity contribution in [3.63, 3.8) is 0 Å². The molecule has 1 unspecified atom stereocenters. The molecular formula is C18H25N6O2P. The van der Waals surface area contributed by atoms with Crippen molar-refractivity contribution in [2.45, 2.75) is 19.0 Å². The van der Waals surface area contributed by atoms with Crippen molar-refractivity contribution >= 4 is 25.0 Å². The fraction of sp³-hybridized carbons (Fsp3) is 0.444. The zero-order valence-electron chi connectivity index (χ0n) is 15.8. The monoisotopic (exact) mass is 388 g/mol. The van der Waals surface area contributed by atoms with Gasteiger partial charge >= 0.3 is 0 Å². The third-order valence-electron chi connectivity index (χ3n) is 5.44. The summed E-state index contributed by atoms with van der Waals surface area (Å²) in [6.45, 7) is 3.98. The topological polar surface area (TPSA) is 93.4 Å². The molecular weight excluding hydrogens is 363 g/mol. The lowest BCUT2D eigenvalue weighted by atomic mass is 10.1. The van der Waals surface area contributed by atoms with Gasteiger partial charge in [-0.1, -0.05) is 12.1 Å². The molecule has 3 N–H and O–H groups in total. The van der Waals surface area contributed by atoms with Gasteiger partial charge in [0.2, 0.25) is 13.4 Å². The van der Waals surface area contributed by atoms with E-state index in [9.17, 15) is 9.36 Å². The lowest BCUT2D eigenvalue weighted by Crippen LogP contribution is -2.24. The van der Waals surface area contributed by atoms with E-state index >= 15 is 0 Å². The molecule has 8 nitrogen and oxygen atoms in total. The number of likely N-dealkylation sites (N-methyl/N-ethyl adjacent to an activating group) is 2. The number of hydrogen-bond donors (Lipinski definition) is 3. The van der Waals surface area contributed by atoms with E-state index < -0.39 is 7.44 Å². The van der Waals surface area contributed by atoms with E-state index in [4.69, 9.17) is 0 Å². The summed E-state index contributed by atoms with van der Waals surface area (Å²) in [7, 11) is 1.05. The van der Waals surface area contributed by atoms with Gasteiger partial charge < -0.3 is 15.6 Å². The lowest BCUT2D eigenvalue weighted by molar-refractivity contribution is -0.115. The number of amides is 1. The molecule has 3 heterocycles. The number of nitrogens with zero attached hydrogens (tertiary/aromatic N) is 3. The van der Waals surface area contributed by atoms with E-state index in [0.29, 0.717) is 18.9 Å². The molecule has 2 aliphatic heterocycles. The van der Waals surface area contributed by atoms with Crippen LogP contribution in [0.2, 0.25) is 0 Å². The number of carbonyl (C=O) groups is 1. The molecule has 1 saturated heterocycles. The van der Waals surface area contributed by atoms with Crippen molar-refractivity contribution in [1.82, 2.24) is 19.3 Å². The van der Waals surface area contributed by atoms with Gasteiger partial charge in [0.25, 0.3) is 0 Å². The van der Waals surface area contributed by atoms with Gasteiger partial charge in [0.15, 0.2) is 5.95 Å². The number of aromatic amines is 1. The summed E-state index contributed by atoms with van der Waals surface area (Å²) in [5.41, 5.74) is 3.53. The first kappa shape index (κ1) is 18.2. The Bertz CT molecular complexity index is 912. The molecule has 144 valence electrons. The maximum atomic E-state index is 14.1. The highest BCUT2D eigenvalue weighted by Crippen LogP contribution is 2.65. The van der Waals surface area contributed by atoms with Crippen LogP contribution in [0.1, 0.15) is 22.5 Å². The lowest BCUT2D eigenvalue weighted by Gasteiger charge is -2.33. The Hall–Kier alpha value is -2.15. The number of aryl methyl sites for hydroxylation is 1. The van der Waals surface area contributed by atoms with Crippen LogP contribution < -0.4 is 10.6 Å². The van der Waals surface area contributed by atoms with Gasteiger partial charge in [-0.3, -0.25) is 9.36 Å². The molecule has 0 radical (unpaired) electrons. The zero-order chi connectivity index (χ0) is 19.2. The van der Waals surface area contributed by atoms with E-state index in [-0.39, 0.29) is 11.6 Å². The smallest absolute Gasteiger partial charge is 0.228 e. The highest BCUT2D eigenvalue weighted by Gasteiger charge is 2.45. The van der Waals surface area contributed by atoms with Crippen LogP contribution in [0.5, 0.6) is 0 Å². The normalized spacial score (nSPS) is 20.5. The maximum absolute atomic E-state index is 14.1. The SMILES string of the molecule is Cc1cnc(NCC(c2ccc3c(c2)CC(=O)N3)P2(=O)N(C)CCN2C)[nH]1. The van der Waals surface area contributed by atoms with Crippen LogP contribution in [-0.2, 0) is 15.8 Å². The molecule has 0 aliphatic carbocycles. The van der Waals surface area contributed by atoms with Crippen LogP contribution in [0, 0.1) is 6.92 Å². The molecule has 2 aliphatic rings. The number of anilines is 2. The van der Waals surface area contributed by atoms with Gasteiger partial charge in [0.1, 0.15) is 0 Å². The highest BCUT2D eigenvalue weighted by atomic mass is 31.2.